The average Bonchev–Trinajstić information content (AvgIpc) is 3.24. The van der Waals surface area contributed by atoms with E-state index in [1.807, 2.05) is 0 Å². The van der Waals surface area contributed by atoms with Gasteiger partial charge in [0.05, 0.1) is 13.2 Å². The summed E-state index contributed by atoms with van der Waals surface area (Å²) in [7, 11) is 0. The molecule has 20 heavy (non-hydrogen) atoms. The molecule has 2 N–H and O–H groups in total. The van der Waals surface area contributed by atoms with Crippen molar-refractivity contribution in [1.29, 1.82) is 0 Å². The minimum absolute atomic E-state index is 0.0247. The lowest BCUT2D eigenvalue weighted by Gasteiger charge is -2.37. The summed E-state index contributed by atoms with van der Waals surface area (Å²) in [4.78, 5) is 14.4. The molecule has 2 aliphatic rings. The maximum atomic E-state index is 11.9. The average molecular weight is 283 g/mol. The maximum absolute atomic E-state index is 11.9. The molecule has 2 rings (SSSR count). The van der Waals surface area contributed by atoms with E-state index in [4.69, 9.17) is 4.74 Å². The number of nitrogens with one attached hydrogen (secondary N) is 2. The van der Waals surface area contributed by atoms with Crippen LogP contribution in [0.2, 0.25) is 0 Å². The molecule has 1 heterocycles. The minimum atomic E-state index is -0.0247. The number of hydrogen-bond acceptors (Lipinski definition) is 3. The van der Waals surface area contributed by atoms with Crippen molar-refractivity contribution in [1.82, 2.24) is 15.5 Å². The van der Waals surface area contributed by atoms with E-state index < -0.39 is 0 Å². The molecule has 1 saturated carbocycles. The molecule has 1 aliphatic carbocycles. The van der Waals surface area contributed by atoms with E-state index in [0.717, 1.165) is 26.3 Å². The quantitative estimate of drug-likeness (QED) is 0.775. The Morgan fingerprint density at radius 2 is 1.90 bits per heavy atom. The number of urea groups is 1. The maximum Gasteiger partial charge on any atom is 0.315 e. The summed E-state index contributed by atoms with van der Waals surface area (Å²) in [6.45, 7) is 10.8. The smallest absolute Gasteiger partial charge is 0.315 e. The third kappa shape index (κ3) is 4.63. The first-order valence-electron chi connectivity index (χ1n) is 7.94. The van der Waals surface area contributed by atoms with Crippen molar-refractivity contribution in [2.45, 2.75) is 45.7 Å². The molecule has 0 aromatic carbocycles. The first kappa shape index (κ1) is 15.6. The van der Waals surface area contributed by atoms with Gasteiger partial charge in [-0.1, -0.05) is 13.8 Å². The van der Waals surface area contributed by atoms with E-state index in [-0.39, 0.29) is 6.03 Å². The van der Waals surface area contributed by atoms with Crippen molar-refractivity contribution in [3.63, 3.8) is 0 Å². The SMILES string of the molecule is CC(C)C(CNC(=O)NC(C)C1CC1)N1CCOCC1. The summed E-state index contributed by atoms with van der Waals surface area (Å²) in [5.74, 6) is 1.22. The second kappa shape index (κ2) is 7.27. The van der Waals surface area contributed by atoms with Crippen molar-refractivity contribution >= 4 is 6.03 Å². The predicted octanol–water partition coefficient (Wildman–Crippen LogP) is 1.44. The molecule has 5 nitrogen and oxygen atoms in total. The van der Waals surface area contributed by atoms with Gasteiger partial charge < -0.3 is 15.4 Å². The van der Waals surface area contributed by atoms with Gasteiger partial charge in [0, 0.05) is 31.7 Å². The van der Waals surface area contributed by atoms with Crippen molar-refractivity contribution in [2.24, 2.45) is 11.8 Å². The molecule has 0 bridgehead atoms. The fourth-order valence-corrected chi connectivity index (χ4v) is 2.86. The number of nitrogens with zero attached hydrogens (tertiary/aromatic N) is 1. The van der Waals surface area contributed by atoms with Crippen molar-refractivity contribution in [2.75, 3.05) is 32.8 Å². The van der Waals surface area contributed by atoms with Gasteiger partial charge in [-0.15, -0.1) is 0 Å². The van der Waals surface area contributed by atoms with Gasteiger partial charge in [-0.2, -0.15) is 0 Å². The van der Waals surface area contributed by atoms with Gasteiger partial charge in [0.25, 0.3) is 0 Å². The fraction of sp³-hybridized carbons (Fsp3) is 0.933. The lowest BCUT2D eigenvalue weighted by atomic mass is 10.0. The van der Waals surface area contributed by atoms with Gasteiger partial charge in [-0.25, -0.2) is 4.79 Å². The molecule has 2 unspecified atom stereocenters. The van der Waals surface area contributed by atoms with Gasteiger partial charge in [0.1, 0.15) is 0 Å². The fourth-order valence-electron chi connectivity index (χ4n) is 2.86. The summed E-state index contributed by atoms with van der Waals surface area (Å²) >= 11 is 0. The van der Waals surface area contributed by atoms with Gasteiger partial charge in [0.15, 0.2) is 0 Å². The summed E-state index contributed by atoms with van der Waals surface area (Å²) in [6.07, 6.45) is 2.51. The van der Waals surface area contributed by atoms with E-state index >= 15 is 0 Å². The third-order valence-electron chi connectivity index (χ3n) is 4.44. The highest BCUT2D eigenvalue weighted by Crippen LogP contribution is 2.32. The highest BCUT2D eigenvalue weighted by molar-refractivity contribution is 5.74. The Labute approximate surface area is 122 Å². The van der Waals surface area contributed by atoms with Crippen LogP contribution in [0.5, 0.6) is 0 Å². The van der Waals surface area contributed by atoms with Crippen LogP contribution in [0.25, 0.3) is 0 Å². The molecule has 0 aromatic rings. The van der Waals surface area contributed by atoms with E-state index in [1.54, 1.807) is 0 Å². The zero-order valence-corrected chi connectivity index (χ0v) is 13.0. The van der Waals surface area contributed by atoms with Crippen LogP contribution >= 0.6 is 0 Å². The van der Waals surface area contributed by atoms with Crippen LogP contribution in [0.15, 0.2) is 0 Å². The Morgan fingerprint density at radius 3 is 2.45 bits per heavy atom. The van der Waals surface area contributed by atoms with Gasteiger partial charge in [-0.05, 0) is 31.6 Å². The molecule has 2 fully saturated rings. The van der Waals surface area contributed by atoms with E-state index in [9.17, 15) is 4.79 Å². The van der Waals surface area contributed by atoms with Crippen LogP contribution in [0.4, 0.5) is 4.79 Å². The highest BCUT2D eigenvalue weighted by atomic mass is 16.5. The third-order valence-corrected chi connectivity index (χ3v) is 4.44. The summed E-state index contributed by atoms with van der Waals surface area (Å²) in [5.41, 5.74) is 0. The van der Waals surface area contributed by atoms with E-state index in [0.29, 0.717) is 30.5 Å². The number of morpholine rings is 1. The van der Waals surface area contributed by atoms with Crippen LogP contribution < -0.4 is 10.6 Å². The van der Waals surface area contributed by atoms with Crippen molar-refractivity contribution in [3.8, 4) is 0 Å². The molecule has 1 saturated heterocycles. The summed E-state index contributed by atoms with van der Waals surface area (Å²) < 4.78 is 5.40. The zero-order valence-electron chi connectivity index (χ0n) is 13.0. The topological polar surface area (TPSA) is 53.6 Å². The van der Waals surface area contributed by atoms with E-state index in [1.165, 1.54) is 12.8 Å². The molecular weight excluding hydrogens is 254 g/mol. The molecule has 2 atom stereocenters. The van der Waals surface area contributed by atoms with Gasteiger partial charge in [-0.3, -0.25) is 4.90 Å². The van der Waals surface area contributed by atoms with Crippen molar-refractivity contribution in [3.05, 3.63) is 0 Å². The molecule has 2 amide bonds. The lowest BCUT2D eigenvalue weighted by molar-refractivity contribution is 0.00718. The molecular formula is C15H29N3O2. The largest absolute Gasteiger partial charge is 0.379 e. The summed E-state index contributed by atoms with van der Waals surface area (Å²) in [6, 6.07) is 0.667. The van der Waals surface area contributed by atoms with Crippen LogP contribution in [-0.4, -0.2) is 55.9 Å². The Kier molecular flexibility index (Phi) is 5.66. The normalized spacial score (nSPS) is 23.4. The highest BCUT2D eigenvalue weighted by Gasteiger charge is 2.29. The van der Waals surface area contributed by atoms with Crippen LogP contribution in [0, 0.1) is 11.8 Å². The van der Waals surface area contributed by atoms with Crippen LogP contribution in [0.1, 0.15) is 33.6 Å². The Morgan fingerprint density at radius 1 is 1.25 bits per heavy atom. The minimum Gasteiger partial charge on any atom is -0.379 e. The lowest BCUT2D eigenvalue weighted by Crippen LogP contribution is -2.53. The molecule has 0 spiro atoms. The second-order valence-corrected chi connectivity index (χ2v) is 6.44. The van der Waals surface area contributed by atoms with Gasteiger partial charge >= 0.3 is 6.03 Å². The monoisotopic (exact) mass is 283 g/mol. The number of ether oxygens (including phenoxy) is 1. The Balaban J connectivity index is 1.74. The van der Waals surface area contributed by atoms with E-state index in [2.05, 4.69) is 36.3 Å². The Hall–Kier alpha value is -0.810. The summed E-state index contributed by atoms with van der Waals surface area (Å²) in [5, 5.41) is 6.09. The number of carbonyl (C=O) groups is 1. The van der Waals surface area contributed by atoms with Crippen molar-refractivity contribution < 1.29 is 9.53 Å². The van der Waals surface area contributed by atoms with Crippen LogP contribution in [-0.2, 0) is 4.74 Å². The number of amides is 2. The first-order chi connectivity index (χ1) is 9.58. The molecule has 0 aromatic heterocycles. The number of carbonyl (C=O) groups excluding carboxylic acids is 1. The van der Waals surface area contributed by atoms with Crippen LogP contribution in [0.3, 0.4) is 0 Å². The molecule has 116 valence electrons. The van der Waals surface area contributed by atoms with Gasteiger partial charge in [0.2, 0.25) is 0 Å². The number of rotatable bonds is 6. The molecule has 0 radical (unpaired) electrons. The molecule has 5 heteroatoms. The second-order valence-electron chi connectivity index (χ2n) is 6.44. The number of hydrogen-bond donors (Lipinski definition) is 2. The zero-order chi connectivity index (χ0) is 14.5. The standard InChI is InChI=1S/C15H29N3O2/c1-11(2)14(18-6-8-20-9-7-18)10-16-15(19)17-12(3)13-4-5-13/h11-14H,4-10H2,1-3H3,(H2,16,17,19). The first-order valence-corrected chi connectivity index (χ1v) is 7.94. The molecule has 1 aliphatic heterocycles. The Bertz CT molecular complexity index is 312. The predicted molar refractivity (Wildman–Crippen MR) is 79.7 cm³/mol.